The van der Waals surface area contributed by atoms with Crippen molar-refractivity contribution < 1.29 is 17.9 Å². The molecule has 37 heavy (non-hydrogen) atoms. The van der Waals surface area contributed by atoms with Gasteiger partial charge in [0.15, 0.2) is 0 Å². The number of hydrogen-bond acceptors (Lipinski definition) is 8. The van der Waals surface area contributed by atoms with Crippen molar-refractivity contribution in [2.45, 2.75) is 6.92 Å². The quantitative estimate of drug-likeness (QED) is 0.416. The summed E-state index contributed by atoms with van der Waals surface area (Å²) in [6, 6.07) is 12.5. The molecule has 2 aromatic carbocycles. The van der Waals surface area contributed by atoms with E-state index in [4.69, 9.17) is 27.9 Å². The number of carbonyl (C=O) groups excluding carboxylic acids is 1. The highest BCUT2D eigenvalue weighted by Gasteiger charge is 2.25. The van der Waals surface area contributed by atoms with Gasteiger partial charge in [-0.2, -0.15) is 9.29 Å². The summed E-state index contributed by atoms with van der Waals surface area (Å²) in [4.78, 5) is 23.8. The van der Waals surface area contributed by atoms with Gasteiger partial charge in [-0.3, -0.25) is 4.79 Å². The Kier molecular flexibility index (Phi) is 8.38. The predicted octanol–water partition coefficient (Wildman–Crippen LogP) is 4.26. The Labute approximate surface area is 225 Å². The first-order valence-corrected chi connectivity index (χ1v) is 14.1. The maximum Gasteiger partial charge on any atom is 0.262 e. The lowest BCUT2D eigenvalue weighted by Gasteiger charge is -2.35. The van der Waals surface area contributed by atoms with Gasteiger partial charge >= 0.3 is 0 Å². The third-order valence-corrected chi connectivity index (χ3v) is 7.61. The van der Waals surface area contributed by atoms with E-state index < -0.39 is 15.9 Å². The molecule has 10 nitrogen and oxygen atoms in total. The second-order valence-corrected chi connectivity index (χ2v) is 11.0. The zero-order valence-electron chi connectivity index (χ0n) is 20.2. The van der Waals surface area contributed by atoms with Crippen molar-refractivity contribution in [3.8, 4) is 5.88 Å². The smallest absolute Gasteiger partial charge is 0.262 e. The highest BCUT2D eigenvalue weighted by atomic mass is 35.5. The normalized spacial score (nSPS) is 14.3. The molecule has 196 valence electrons. The minimum absolute atomic E-state index is 0.0972. The maximum absolute atomic E-state index is 13.0. The summed E-state index contributed by atoms with van der Waals surface area (Å²) in [5, 5.41) is 6.48. The Morgan fingerprint density at radius 3 is 2.38 bits per heavy atom. The Morgan fingerprint density at radius 2 is 1.73 bits per heavy atom. The number of para-hydroxylation sites is 3. The van der Waals surface area contributed by atoms with Crippen LogP contribution in [0.2, 0.25) is 10.0 Å². The van der Waals surface area contributed by atoms with Crippen LogP contribution in [0.4, 0.5) is 23.0 Å². The predicted molar refractivity (Wildman–Crippen MR) is 146 cm³/mol. The molecule has 2 heterocycles. The molecule has 3 aromatic rings. The molecule has 4 rings (SSSR count). The first kappa shape index (κ1) is 26.9. The molecule has 0 saturated carbocycles. The van der Waals surface area contributed by atoms with Crippen LogP contribution < -0.4 is 20.3 Å². The fourth-order valence-electron chi connectivity index (χ4n) is 3.86. The van der Waals surface area contributed by atoms with Crippen molar-refractivity contribution in [1.29, 1.82) is 0 Å². The van der Waals surface area contributed by atoms with Gasteiger partial charge in [-0.25, -0.2) is 13.4 Å². The Hall–Kier alpha value is -3.12. The number of piperazine rings is 1. The van der Waals surface area contributed by atoms with Crippen LogP contribution >= 0.6 is 23.2 Å². The Morgan fingerprint density at radius 1 is 1.05 bits per heavy atom. The molecule has 0 bridgehead atoms. The lowest BCUT2D eigenvalue weighted by molar-refractivity contribution is 0.102. The van der Waals surface area contributed by atoms with Crippen LogP contribution in [0, 0.1) is 0 Å². The highest BCUT2D eigenvalue weighted by molar-refractivity contribution is 7.88. The van der Waals surface area contributed by atoms with Crippen LogP contribution in [0.3, 0.4) is 0 Å². The minimum atomic E-state index is -3.23. The van der Waals surface area contributed by atoms with E-state index in [-0.39, 0.29) is 29.7 Å². The fraction of sp³-hybridized carbons (Fsp3) is 0.292. The molecule has 13 heteroatoms. The first-order chi connectivity index (χ1) is 17.7. The van der Waals surface area contributed by atoms with Gasteiger partial charge in [0.2, 0.25) is 21.9 Å². The number of benzene rings is 2. The standard InChI is InChI=1S/C24H26Cl2N6O4S/c1-3-36-23-16(22(33)29-21-17(25)7-6-8-18(21)26)15-27-24(30-23)28-19-9-4-5-10-20(19)31-11-13-32(14-12-31)37(2,34)35/h4-10,15H,3,11-14H2,1-2H3,(H,29,33)(H,27,28,30). The number of anilines is 4. The summed E-state index contributed by atoms with van der Waals surface area (Å²) < 4.78 is 30.8. The number of aromatic nitrogens is 2. The minimum Gasteiger partial charge on any atom is -0.477 e. The van der Waals surface area contributed by atoms with E-state index in [1.165, 1.54) is 16.8 Å². The molecule has 1 amide bonds. The van der Waals surface area contributed by atoms with Gasteiger partial charge in [0.1, 0.15) is 5.56 Å². The van der Waals surface area contributed by atoms with E-state index in [1.54, 1.807) is 25.1 Å². The first-order valence-electron chi connectivity index (χ1n) is 11.5. The van der Waals surface area contributed by atoms with Crippen LogP contribution in [-0.4, -0.2) is 67.6 Å². The number of ether oxygens (including phenoxy) is 1. The molecule has 0 atom stereocenters. The maximum atomic E-state index is 13.0. The van der Waals surface area contributed by atoms with Gasteiger partial charge < -0.3 is 20.3 Å². The van der Waals surface area contributed by atoms with Gasteiger partial charge in [-0.05, 0) is 31.2 Å². The number of carbonyl (C=O) groups is 1. The van der Waals surface area contributed by atoms with Crippen LogP contribution in [-0.2, 0) is 10.0 Å². The summed E-state index contributed by atoms with van der Waals surface area (Å²) >= 11 is 12.4. The van der Waals surface area contributed by atoms with Gasteiger partial charge in [0.25, 0.3) is 5.91 Å². The van der Waals surface area contributed by atoms with E-state index in [0.29, 0.717) is 36.2 Å². The van der Waals surface area contributed by atoms with E-state index in [0.717, 1.165) is 11.4 Å². The zero-order chi connectivity index (χ0) is 26.6. The van der Waals surface area contributed by atoms with E-state index in [1.807, 2.05) is 24.3 Å². The van der Waals surface area contributed by atoms with Gasteiger partial charge in [0.05, 0.1) is 40.0 Å². The summed E-state index contributed by atoms with van der Waals surface area (Å²) in [6.45, 7) is 3.95. The number of rotatable bonds is 8. The van der Waals surface area contributed by atoms with Crippen molar-refractivity contribution in [2.24, 2.45) is 0 Å². The molecule has 0 unspecified atom stereocenters. The topological polar surface area (TPSA) is 117 Å². The van der Waals surface area contributed by atoms with Crippen molar-refractivity contribution >= 4 is 62.1 Å². The lowest BCUT2D eigenvalue weighted by Crippen LogP contribution is -2.48. The summed E-state index contributed by atoms with van der Waals surface area (Å²) in [7, 11) is -3.23. The second-order valence-electron chi connectivity index (χ2n) is 8.19. The monoisotopic (exact) mass is 564 g/mol. The van der Waals surface area contributed by atoms with Crippen molar-refractivity contribution in [3.05, 3.63) is 64.3 Å². The zero-order valence-corrected chi connectivity index (χ0v) is 22.6. The number of hydrogen-bond donors (Lipinski definition) is 2. The molecule has 1 aliphatic rings. The third-order valence-electron chi connectivity index (χ3n) is 5.68. The van der Waals surface area contributed by atoms with Gasteiger partial charge in [-0.1, -0.05) is 41.4 Å². The summed E-state index contributed by atoms with van der Waals surface area (Å²) in [5.74, 6) is -0.188. The molecule has 1 fully saturated rings. The molecule has 1 aromatic heterocycles. The van der Waals surface area contributed by atoms with E-state index >= 15 is 0 Å². The summed E-state index contributed by atoms with van der Waals surface area (Å²) in [5.41, 5.74) is 2.02. The third kappa shape index (κ3) is 6.42. The van der Waals surface area contributed by atoms with Crippen molar-refractivity contribution in [1.82, 2.24) is 14.3 Å². The number of amides is 1. The number of halogens is 2. The van der Waals surface area contributed by atoms with E-state index in [9.17, 15) is 13.2 Å². The van der Waals surface area contributed by atoms with Crippen LogP contribution in [0.1, 0.15) is 17.3 Å². The molecule has 0 radical (unpaired) electrons. The summed E-state index contributed by atoms with van der Waals surface area (Å²) in [6.07, 6.45) is 2.59. The molecular formula is C24H26Cl2N6O4S. The van der Waals surface area contributed by atoms with Crippen molar-refractivity contribution in [3.63, 3.8) is 0 Å². The van der Waals surface area contributed by atoms with Gasteiger partial charge in [0, 0.05) is 32.4 Å². The van der Waals surface area contributed by atoms with Crippen LogP contribution in [0.5, 0.6) is 5.88 Å². The molecule has 1 aliphatic heterocycles. The largest absolute Gasteiger partial charge is 0.477 e. The van der Waals surface area contributed by atoms with Crippen LogP contribution in [0.15, 0.2) is 48.7 Å². The number of sulfonamides is 1. The Bertz CT molecular complexity index is 1380. The average Bonchev–Trinajstić information content (AvgIpc) is 2.86. The molecule has 0 aliphatic carbocycles. The second kappa shape index (κ2) is 11.5. The molecule has 1 saturated heterocycles. The lowest BCUT2D eigenvalue weighted by atomic mass is 10.2. The fourth-order valence-corrected chi connectivity index (χ4v) is 5.18. The number of nitrogens with zero attached hydrogens (tertiary/aromatic N) is 4. The molecular weight excluding hydrogens is 539 g/mol. The molecule has 0 spiro atoms. The van der Waals surface area contributed by atoms with E-state index in [2.05, 4.69) is 25.5 Å². The van der Waals surface area contributed by atoms with Gasteiger partial charge in [-0.15, -0.1) is 0 Å². The Balaban J connectivity index is 1.55. The average molecular weight is 565 g/mol. The molecule has 2 N–H and O–H groups in total. The highest BCUT2D eigenvalue weighted by Crippen LogP contribution is 2.32. The SMILES string of the molecule is CCOc1nc(Nc2ccccc2N2CCN(S(C)(=O)=O)CC2)ncc1C(=O)Nc1c(Cl)cccc1Cl. The number of nitrogens with one attached hydrogen (secondary N) is 2. The van der Waals surface area contributed by atoms with Crippen LogP contribution in [0.25, 0.3) is 0 Å². The van der Waals surface area contributed by atoms with Crippen molar-refractivity contribution in [2.75, 3.05) is 54.6 Å².